The molecule has 2 amide bonds. The van der Waals surface area contributed by atoms with Crippen LogP contribution in [-0.2, 0) is 9.53 Å². The predicted octanol–water partition coefficient (Wildman–Crippen LogP) is -0.365. The van der Waals surface area contributed by atoms with Crippen LogP contribution in [0, 0.1) is 0 Å². The van der Waals surface area contributed by atoms with Crippen molar-refractivity contribution in [3.63, 3.8) is 0 Å². The Labute approximate surface area is 105 Å². The van der Waals surface area contributed by atoms with Gasteiger partial charge in [0, 0.05) is 31.1 Å². The van der Waals surface area contributed by atoms with Gasteiger partial charge in [-0.2, -0.15) is 11.8 Å². The zero-order valence-electron chi connectivity index (χ0n) is 9.98. The van der Waals surface area contributed by atoms with Crippen LogP contribution in [0.3, 0.4) is 0 Å². The van der Waals surface area contributed by atoms with Crippen LogP contribution in [-0.4, -0.2) is 60.7 Å². The van der Waals surface area contributed by atoms with Gasteiger partial charge in [0.15, 0.2) is 0 Å². The number of hydrogen-bond acceptors (Lipinski definition) is 5. The topological polar surface area (TPSA) is 84.7 Å². The summed E-state index contributed by atoms with van der Waals surface area (Å²) in [5.74, 6) is 0.938. The largest absolute Gasteiger partial charge is 0.465 e. The number of nitrogens with two attached hydrogens (primary N) is 1. The van der Waals surface area contributed by atoms with Gasteiger partial charge < -0.3 is 20.7 Å². The average Bonchev–Trinajstić information content (AvgIpc) is 2.70. The van der Waals surface area contributed by atoms with Crippen LogP contribution in [0.2, 0.25) is 0 Å². The molecule has 1 aliphatic heterocycles. The molecule has 3 N–H and O–H groups in total. The van der Waals surface area contributed by atoms with Crippen LogP contribution in [0.5, 0.6) is 0 Å². The third-order valence-electron chi connectivity index (χ3n) is 2.34. The van der Waals surface area contributed by atoms with Crippen molar-refractivity contribution < 1.29 is 14.3 Å². The van der Waals surface area contributed by atoms with Crippen molar-refractivity contribution in [2.75, 3.05) is 37.7 Å². The molecule has 0 aromatic rings. The lowest BCUT2D eigenvalue weighted by Gasteiger charge is -2.14. The van der Waals surface area contributed by atoms with Crippen molar-refractivity contribution in [3.05, 3.63) is 0 Å². The van der Waals surface area contributed by atoms with Gasteiger partial charge in [0.25, 0.3) is 0 Å². The van der Waals surface area contributed by atoms with Gasteiger partial charge in [0.1, 0.15) is 6.04 Å². The predicted molar refractivity (Wildman–Crippen MR) is 66.9 cm³/mol. The maximum absolute atomic E-state index is 11.2. The van der Waals surface area contributed by atoms with E-state index in [2.05, 4.69) is 5.32 Å². The Kier molecular flexibility index (Phi) is 6.13. The second-order valence-electron chi connectivity index (χ2n) is 3.65. The van der Waals surface area contributed by atoms with E-state index < -0.39 is 6.04 Å². The van der Waals surface area contributed by atoms with E-state index in [0.29, 0.717) is 25.4 Å². The molecule has 1 unspecified atom stereocenters. The van der Waals surface area contributed by atoms with Crippen LogP contribution in [0.1, 0.15) is 6.92 Å². The molecule has 0 aromatic carbocycles. The molecular formula is C10H19N3O3S. The third-order valence-corrected chi connectivity index (χ3v) is 3.40. The molecule has 98 valence electrons. The lowest BCUT2D eigenvalue weighted by molar-refractivity contribution is -0.144. The number of thioether (sulfide) groups is 1. The molecular weight excluding hydrogens is 242 g/mol. The fraction of sp³-hybridized carbons (Fsp3) is 0.800. The summed E-state index contributed by atoms with van der Waals surface area (Å²) in [5.41, 5.74) is 5.64. The lowest BCUT2D eigenvalue weighted by Crippen LogP contribution is -2.35. The number of nitrogens with one attached hydrogen (secondary N) is 1. The molecule has 0 bridgehead atoms. The van der Waals surface area contributed by atoms with E-state index in [1.54, 1.807) is 23.6 Å². The summed E-state index contributed by atoms with van der Waals surface area (Å²) in [6, 6.07) is -0.590. The minimum absolute atomic E-state index is 0.0136. The zero-order valence-corrected chi connectivity index (χ0v) is 10.8. The summed E-state index contributed by atoms with van der Waals surface area (Å²) in [5, 5.41) is 2.73. The quantitative estimate of drug-likeness (QED) is 0.483. The van der Waals surface area contributed by atoms with Gasteiger partial charge in [-0.15, -0.1) is 0 Å². The normalized spacial score (nSPS) is 16.8. The van der Waals surface area contributed by atoms with Crippen molar-refractivity contribution >= 4 is 23.8 Å². The summed E-state index contributed by atoms with van der Waals surface area (Å²) >= 11 is 1.56. The monoisotopic (exact) mass is 261 g/mol. The second-order valence-corrected chi connectivity index (χ2v) is 4.80. The van der Waals surface area contributed by atoms with E-state index in [1.165, 1.54) is 0 Å². The highest BCUT2D eigenvalue weighted by atomic mass is 32.2. The molecule has 0 aliphatic carbocycles. The summed E-state index contributed by atoms with van der Waals surface area (Å²) in [6.07, 6.45) is 0. The van der Waals surface area contributed by atoms with Gasteiger partial charge in [-0.25, -0.2) is 4.79 Å². The SMILES string of the molecule is CCOC(=O)C(N)CSCCN1CCNC1=O. The Morgan fingerprint density at radius 2 is 2.47 bits per heavy atom. The van der Waals surface area contributed by atoms with Gasteiger partial charge in [-0.05, 0) is 6.92 Å². The van der Waals surface area contributed by atoms with E-state index in [4.69, 9.17) is 10.5 Å². The summed E-state index contributed by atoms with van der Waals surface area (Å²) in [4.78, 5) is 24.2. The molecule has 1 aliphatic rings. The van der Waals surface area contributed by atoms with Crippen LogP contribution in [0.4, 0.5) is 4.79 Å². The van der Waals surface area contributed by atoms with Crippen molar-refractivity contribution in [1.29, 1.82) is 0 Å². The number of urea groups is 1. The molecule has 1 rings (SSSR count). The van der Waals surface area contributed by atoms with Crippen molar-refractivity contribution in [2.45, 2.75) is 13.0 Å². The molecule has 17 heavy (non-hydrogen) atoms. The highest BCUT2D eigenvalue weighted by Crippen LogP contribution is 2.05. The number of carbonyl (C=O) groups is 2. The number of amides is 2. The molecule has 7 heteroatoms. The Hall–Kier alpha value is -0.950. The first-order valence-corrected chi connectivity index (χ1v) is 6.83. The highest BCUT2D eigenvalue weighted by Gasteiger charge is 2.19. The first-order chi connectivity index (χ1) is 8.15. The van der Waals surface area contributed by atoms with Crippen LogP contribution in [0.15, 0.2) is 0 Å². The molecule has 0 saturated carbocycles. The fourth-order valence-corrected chi connectivity index (χ4v) is 2.33. The number of ether oxygens (including phenoxy) is 1. The second kappa shape index (κ2) is 7.39. The molecule has 0 radical (unpaired) electrons. The molecule has 1 heterocycles. The third kappa shape index (κ3) is 4.82. The standard InChI is InChI=1S/C10H19N3O3S/c1-2-16-9(14)8(11)7-17-6-5-13-4-3-12-10(13)15/h8H,2-7,11H2,1H3,(H,12,15). The van der Waals surface area contributed by atoms with E-state index in [0.717, 1.165) is 12.3 Å². The number of esters is 1. The van der Waals surface area contributed by atoms with E-state index >= 15 is 0 Å². The molecule has 1 saturated heterocycles. The van der Waals surface area contributed by atoms with Gasteiger partial charge >= 0.3 is 12.0 Å². The molecule has 0 aromatic heterocycles. The van der Waals surface area contributed by atoms with Crippen LogP contribution < -0.4 is 11.1 Å². The van der Waals surface area contributed by atoms with E-state index in [1.807, 2.05) is 0 Å². The van der Waals surface area contributed by atoms with Crippen molar-refractivity contribution in [3.8, 4) is 0 Å². The van der Waals surface area contributed by atoms with Gasteiger partial charge in [0.05, 0.1) is 6.61 Å². The molecule has 1 atom stereocenters. The Morgan fingerprint density at radius 3 is 3.06 bits per heavy atom. The Balaban J connectivity index is 2.07. The number of rotatable bonds is 7. The van der Waals surface area contributed by atoms with Gasteiger partial charge in [-0.1, -0.05) is 0 Å². The van der Waals surface area contributed by atoms with Crippen molar-refractivity contribution in [2.24, 2.45) is 5.73 Å². The van der Waals surface area contributed by atoms with Crippen LogP contribution in [0.25, 0.3) is 0 Å². The summed E-state index contributed by atoms with van der Waals surface area (Å²) < 4.78 is 4.80. The molecule has 1 fully saturated rings. The number of hydrogen-bond donors (Lipinski definition) is 2. The Morgan fingerprint density at radius 1 is 1.71 bits per heavy atom. The zero-order chi connectivity index (χ0) is 12.7. The fourth-order valence-electron chi connectivity index (χ4n) is 1.43. The minimum Gasteiger partial charge on any atom is -0.465 e. The first kappa shape index (κ1) is 14.1. The maximum Gasteiger partial charge on any atom is 0.323 e. The minimum atomic E-state index is -0.577. The Bertz CT molecular complexity index is 276. The summed E-state index contributed by atoms with van der Waals surface area (Å²) in [6.45, 7) is 4.26. The lowest BCUT2D eigenvalue weighted by atomic mass is 10.4. The van der Waals surface area contributed by atoms with E-state index in [9.17, 15) is 9.59 Å². The maximum atomic E-state index is 11.2. The number of carbonyl (C=O) groups excluding carboxylic acids is 2. The van der Waals surface area contributed by atoms with Gasteiger partial charge in [0.2, 0.25) is 0 Å². The number of nitrogens with zero attached hydrogens (tertiary/aromatic N) is 1. The average molecular weight is 261 g/mol. The molecule has 0 spiro atoms. The summed E-state index contributed by atoms with van der Waals surface area (Å²) in [7, 11) is 0. The highest BCUT2D eigenvalue weighted by molar-refractivity contribution is 7.99. The van der Waals surface area contributed by atoms with E-state index in [-0.39, 0.29) is 12.0 Å². The van der Waals surface area contributed by atoms with Gasteiger partial charge in [-0.3, -0.25) is 4.79 Å². The smallest absolute Gasteiger partial charge is 0.323 e. The van der Waals surface area contributed by atoms with Crippen molar-refractivity contribution in [1.82, 2.24) is 10.2 Å². The van der Waals surface area contributed by atoms with Crippen LogP contribution >= 0.6 is 11.8 Å². The molecule has 6 nitrogen and oxygen atoms in total. The first-order valence-electron chi connectivity index (χ1n) is 5.68.